The van der Waals surface area contributed by atoms with Crippen molar-refractivity contribution in [3.63, 3.8) is 0 Å². The van der Waals surface area contributed by atoms with Crippen molar-refractivity contribution in [2.24, 2.45) is 11.8 Å². The lowest BCUT2D eigenvalue weighted by atomic mass is 9.91. The van der Waals surface area contributed by atoms with E-state index in [1.54, 1.807) is 0 Å². The summed E-state index contributed by atoms with van der Waals surface area (Å²) >= 11 is 5.53. The minimum atomic E-state index is -0.627. The Labute approximate surface area is 111 Å². The van der Waals surface area contributed by atoms with Crippen LogP contribution in [0.5, 0.6) is 0 Å². The van der Waals surface area contributed by atoms with E-state index in [1.165, 1.54) is 0 Å². The summed E-state index contributed by atoms with van der Waals surface area (Å²) in [5, 5.41) is -0.213. The molecule has 0 fully saturated rings. The second kappa shape index (κ2) is 7.02. The van der Waals surface area contributed by atoms with Crippen LogP contribution in [0.3, 0.4) is 0 Å². The summed E-state index contributed by atoms with van der Waals surface area (Å²) in [7, 11) is 0. The first kappa shape index (κ1) is 15.3. The average Bonchev–Trinajstić information content (AvgIpc) is 2.36. The number of hydrogen-bond donors (Lipinski definition) is 2. The molecule has 0 saturated carbocycles. The summed E-state index contributed by atoms with van der Waals surface area (Å²) < 4.78 is 27.2. The van der Waals surface area contributed by atoms with Gasteiger partial charge in [0.1, 0.15) is 11.6 Å². The maximum Gasteiger partial charge on any atom is 0.142 e. The van der Waals surface area contributed by atoms with Crippen molar-refractivity contribution >= 4 is 11.6 Å². The fourth-order valence-electron chi connectivity index (χ4n) is 2.05. The third-order valence-electron chi connectivity index (χ3n) is 3.34. The molecule has 1 atom stereocenters. The van der Waals surface area contributed by atoms with E-state index in [9.17, 15) is 8.78 Å². The van der Waals surface area contributed by atoms with Crippen molar-refractivity contribution in [3.05, 3.63) is 34.4 Å². The molecule has 0 amide bonds. The SMILES string of the molecule is CCC(CC)CC(NN)c1cc(F)c(Cl)cc1F. The van der Waals surface area contributed by atoms with Crippen LogP contribution in [0.4, 0.5) is 8.78 Å². The highest BCUT2D eigenvalue weighted by Gasteiger charge is 2.20. The van der Waals surface area contributed by atoms with Gasteiger partial charge in [-0.2, -0.15) is 0 Å². The normalized spacial score (nSPS) is 13.1. The fourth-order valence-corrected chi connectivity index (χ4v) is 2.20. The van der Waals surface area contributed by atoms with Crippen molar-refractivity contribution in [3.8, 4) is 0 Å². The van der Waals surface area contributed by atoms with Gasteiger partial charge in [0.05, 0.1) is 5.02 Å². The van der Waals surface area contributed by atoms with Crippen molar-refractivity contribution in [2.75, 3.05) is 0 Å². The number of rotatable bonds is 6. The first-order valence-corrected chi connectivity index (χ1v) is 6.51. The number of halogens is 3. The van der Waals surface area contributed by atoms with Crippen LogP contribution in [0.2, 0.25) is 5.02 Å². The van der Waals surface area contributed by atoms with E-state index in [0.717, 1.165) is 25.0 Å². The summed E-state index contributed by atoms with van der Waals surface area (Å²) in [6.07, 6.45) is 2.63. The highest BCUT2D eigenvalue weighted by Crippen LogP contribution is 2.29. The second-order valence-electron chi connectivity index (χ2n) is 4.43. The Kier molecular flexibility index (Phi) is 5.99. The van der Waals surface area contributed by atoms with E-state index < -0.39 is 17.7 Å². The predicted octanol–water partition coefficient (Wildman–Crippen LogP) is 3.95. The van der Waals surface area contributed by atoms with Gasteiger partial charge in [-0.15, -0.1) is 0 Å². The molecule has 102 valence electrons. The lowest BCUT2D eigenvalue weighted by Crippen LogP contribution is -2.30. The molecule has 1 rings (SSSR count). The van der Waals surface area contributed by atoms with Crippen molar-refractivity contribution in [1.29, 1.82) is 0 Å². The maximum atomic E-state index is 13.8. The highest BCUT2D eigenvalue weighted by molar-refractivity contribution is 6.30. The van der Waals surface area contributed by atoms with Crippen LogP contribution >= 0.6 is 11.6 Å². The van der Waals surface area contributed by atoms with Crippen LogP contribution in [0.25, 0.3) is 0 Å². The average molecular weight is 277 g/mol. The molecule has 0 aliphatic carbocycles. The van der Waals surface area contributed by atoms with E-state index in [-0.39, 0.29) is 10.6 Å². The van der Waals surface area contributed by atoms with Crippen molar-refractivity contribution in [2.45, 2.75) is 39.2 Å². The molecule has 3 N–H and O–H groups in total. The molecule has 2 nitrogen and oxygen atoms in total. The van der Waals surface area contributed by atoms with Crippen LogP contribution < -0.4 is 11.3 Å². The molecule has 0 aromatic heterocycles. The first-order valence-electron chi connectivity index (χ1n) is 6.13. The number of hydrazine groups is 1. The summed E-state index contributed by atoms with van der Waals surface area (Å²) in [6, 6.07) is 1.70. The van der Waals surface area contributed by atoms with Crippen LogP contribution in [0, 0.1) is 17.6 Å². The zero-order chi connectivity index (χ0) is 13.7. The van der Waals surface area contributed by atoms with Crippen LogP contribution in [-0.4, -0.2) is 0 Å². The van der Waals surface area contributed by atoms with Crippen molar-refractivity contribution in [1.82, 2.24) is 5.43 Å². The molecule has 0 saturated heterocycles. The number of nitrogens with two attached hydrogens (primary N) is 1. The second-order valence-corrected chi connectivity index (χ2v) is 4.83. The van der Waals surface area contributed by atoms with Crippen LogP contribution in [-0.2, 0) is 0 Å². The largest absolute Gasteiger partial charge is 0.271 e. The fraction of sp³-hybridized carbons (Fsp3) is 0.538. The quantitative estimate of drug-likeness (QED) is 0.469. The molecule has 0 heterocycles. The Morgan fingerprint density at radius 1 is 1.22 bits per heavy atom. The topological polar surface area (TPSA) is 38.0 Å². The monoisotopic (exact) mass is 276 g/mol. The standard InChI is InChI=1S/C13H19ClF2N2/c1-3-8(4-2)5-13(18-17)9-6-12(16)10(14)7-11(9)15/h6-8,13,18H,3-5,17H2,1-2H3. The lowest BCUT2D eigenvalue weighted by molar-refractivity contribution is 0.366. The van der Waals surface area contributed by atoms with Crippen LogP contribution in [0.15, 0.2) is 12.1 Å². The highest BCUT2D eigenvalue weighted by atomic mass is 35.5. The molecular weight excluding hydrogens is 258 g/mol. The van der Waals surface area contributed by atoms with Gasteiger partial charge in [0, 0.05) is 11.6 Å². The molecule has 0 aliphatic heterocycles. The van der Waals surface area contributed by atoms with E-state index in [1.807, 2.05) is 0 Å². The number of hydrogen-bond acceptors (Lipinski definition) is 2. The Morgan fingerprint density at radius 3 is 2.33 bits per heavy atom. The summed E-state index contributed by atoms with van der Waals surface area (Å²) in [5.41, 5.74) is 2.78. The van der Waals surface area contributed by atoms with Crippen molar-refractivity contribution < 1.29 is 8.78 Å². The van der Waals surface area contributed by atoms with Gasteiger partial charge in [0.2, 0.25) is 0 Å². The third-order valence-corrected chi connectivity index (χ3v) is 3.63. The minimum absolute atomic E-state index is 0.213. The molecule has 0 spiro atoms. The van der Waals surface area contributed by atoms with Gasteiger partial charge < -0.3 is 0 Å². The van der Waals surface area contributed by atoms with Crippen LogP contribution in [0.1, 0.15) is 44.7 Å². The predicted molar refractivity (Wildman–Crippen MR) is 70.1 cm³/mol. The van der Waals surface area contributed by atoms with Gasteiger partial charge in [0.15, 0.2) is 0 Å². The lowest BCUT2D eigenvalue weighted by Gasteiger charge is -2.22. The maximum absolute atomic E-state index is 13.8. The molecule has 1 aromatic carbocycles. The van der Waals surface area contributed by atoms with Gasteiger partial charge in [-0.25, -0.2) is 8.78 Å². The minimum Gasteiger partial charge on any atom is -0.271 e. The van der Waals surface area contributed by atoms with E-state index in [4.69, 9.17) is 17.4 Å². The smallest absolute Gasteiger partial charge is 0.142 e. The number of benzene rings is 1. The zero-order valence-electron chi connectivity index (χ0n) is 10.6. The molecule has 0 aliphatic rings. The summed E-state index contributed by atoms with van der Waals surface area (Å²) in [5.74, 6) is 4.71. The first-order chi connectivity index (χ1) is 8.53. The van der Waals surface area contributed by atoms with E-state index >= 15 is 0 Å². The van der Waals surface area contributed by atoms with Gasteiger partial charge in [-0.3, -0.25) is 11.3 Å². The Morgan fingerprint density at radius 2 is 1.83 bits per heavy atom. The Bertz CT molecular complexity index is 395. The van der Waals surface area contributed by atoms with Gasteiger partial charge in [-0.1, -0.05) is 38.3 Å². The van der Waals surface area contributed by atoms with E-state index in [0.29, 0.717) is 12.3 Å². The molecule has 1 aromatic rings. The van der Waals surface area contributed by atoms with Gasteiger partial charge >= 0.3 is 0 Å². The zero-order valence-corrected chi connectivity index (χ0v) is 11.4. The summed E-state index contributed by atoms with van der Waals surface area (Å²) in [4.78, 5) is 0. The Balaban J connectivity index is 2.98. The third kappa shape index (κ3) is 3.64. The Hall–Kier alpha value is -0.710. The molecule has 1 unspecified atom stereocenters. The molecular formula is C13H19ClF2N2. The molecule has 0 radical (unpaired) electrons. The van der Waals surface area contributed by atoms with E-state index in [2.05, 4.69) is 19.3 Å². The molecule has 18 heavy (non-hydrogen) atoms. The summed E-state index contributed by atoms with van der Waals surface area (Å²) in [6.45, 7) is 4.14. The molecule has 5 heteroatoms. The van der Waals surface area contributed by atoms with Gasteiger partial charge in [-0.05, 0) is 24.5 Å². The number of nitrogens with one attached hydrogen (secondary N) is 1. The van der Waals surface area contributed by atoms with Gasteiger partial charge in [0.25, 0.3) is 0 Å². The molecule has 0 bridgehead atoms.